The summed E-state index contributed by atoms with van der Waals surface area (Å²) in [5.41, 5.74) is 2.40. The Balaban J connectivity index is 1.59. The van der Waals surface area contributed by atoms with Crippen LogP contribution in [0.2, 0.25) is 0 Å². The Morgan fingerprint density at radius 3 is 2.44 bits per heavy atom. The zero-order chi connectivity index (χ0) is 17.8. The average Bonchev–Trinajstić information content (AvgIpc) is 2.61. The largest absolute Gasteiger partial charge is 0.485 e. The molecule has 0 aromatic heterocycles. The van der Waals surface area contributed by atoms with Gasteiger partial charge >= 0.3 is 0 Å². The van der Waals surface area contributed by atoms with Crippen LogP contribution in [0.25, 0.3) is 0 Å². The van der Waals surface area contributed by atoms with Crippen LogP contribution in [-0.4, -0.2) is 18.6 Å². The first kappa shape index (κ1) is 17.3. The normalized spacial score (nSPS) is 17.2. The number of hydrogen-bond donors (Lipinski definition) is 1. The van der Waals surface area contributed by atoms with Gasteiger partial charge < -0.3 is 14.8 Å². The lowest BCUT2D eigenvalue weighted by molar-refractivity contribution is -0.131. The van der Waals surface area contributed by atoms with Crippen molar-refractivity contribution >= 4 is 5.91 Å². The third-order valence-corrected chi connectivity index (χ3v) is 4.28. The fourth-order valence-electron chi connectivity index (χ4n) is 2.95. The van der Waals surface area contributed by atoms with Crippen LogP contribution in [0.1, 0.15) is 37.9 Å². The van der Waals surface area contributed by atoms with E-state index in [2.05, 4.69) is 43.4 Å². The molecule has 0 saturated heterocycles. The molecule has 132 valence electrons. The van der Waals surface area contributed by atoms with Crippen LogP contribution < -0.4 is 14.8 Å². The standard InChI is InChI=1S/C21H25NO3/c1-14(2)12-16-8-10-17(11-9-16)15(3)22-21(23)20-13-24-18-6-4-5-7-19(18)25-20/h4-11,14-15,20H,12-13H2,1-3H3,(H,22,23)/t15-,20+/m1/s1. The van der Waals surface area contributed by atoms with E-state index >= 15 is 0 Å². The summed E-state index contributed by atoms with van der Waals surface area (Å²) in [5.74, 6) is 1.77. The molecular weight excluding hydrogens is 314 g/mol. The van der Waals surface area contributed by atoms with Crippen molar-refractivity contribution in [2.75, 3.05) is 6.61 Å². The molecule has 4 nitrogen and oxygen atoms in total. The van der Waals surface area contributed by atoms with Crippen LogP contribution in [0.15, 0.2) is 48.5 Å². The Morgan fingerprint density at radius 1 is 1.08 bits per heavy atom. The summed E-state index contributed by atoms with van der Waals surface area (Å²) in [7, 11) is 0. The Labute approximate surface area is 149 Å². The van der Waals surface area contributed by atoms with E-state index < -0.39 is 6.10 Å². The summed E-state index contributed by atoms with van der Waals surface area (Å²) in [6.07, 6.45) is 0.436. The molecule has 1 aliphatic heterocycles. The predicted molar refractivity (Wildman–Crippen MR) is 97.9 cm³/mol. The minimum Gasteiger partial charge on any atom is -0.485 e. The van der Waals surface area contributed by atoms with E-state index in [0.717, 1.165) is 12.0 Å². The monoisotopic (exact) mass is 339 g/mol. The number of amides is 1. The van der Waals surface area contributed by atoms with E-state index in [-0.39, 0.29) is 18.6 Å². The van der Waals surface area contributed by atoms with E-state index in [4.69, 9.17) is 9.47 Å². The van der Waals surface area contributed by atoms with Gasteiger partial charge in [-0.05, 0) is 42.5 Å². The van der Waals surface area contributed by atoms with Gasteiger partial charge in [0.2, 0.25) is 6.10 Å². The molecular formula is C21H25NO3. The van der Waals surface area contributed by atoms with Crippen molar-refractivity contribution in [2.24, 2.45) is 5.92 Å². The Kier molecular flexibility index (Phi) is 5.27. The van der Waals surface area contributed by atoms with Gasteiger partial charge in [0.15, 0.2) is 11.5 Å². The fraction of sp³-hybridized carbons (Fsp3) is 0.381. The van der Waals surface area contributed by atoms with Crippen molar-refractivity contribution in [3.05, 3.63) is 59.7 Å². The Bertz CT molecular complexity index is 724. The van der Waals surface area contributed by atoms with Crippen LogP contribution in [0, 0.1) is 5.92 Å². The van der Waals surface area contributed by atoms with Crippen LogP contribution >= 0.6 is 0 Å². The van der Waals surface area contributed by atoms with Gasteiger partial charge in [-0.25, -0.2) is 0 Å². The highest BCUT2D eigenvalue weighted by Crippen LogP contribution is 2.31. The van der Waals surface area contributed by atoms with Crippen LogP contribution in [0.4, 0.5) is 0 Å². The number of hydrogen-bond acceptors (Lipinski definition) is 3. The van der Waals surface area contributed by atoms with Gasteiger partial charge in [-0.15, -0.1) is 0 Å². The number of fused-ring (bicyclic) bond motifs is 1. The molecule has 0 unspecified atom stereocenters. The molecule has 1 heterocycles. The summed E-state index contributed by atoms with van der Waals surface area (Å²) in [6, 6.07) is 15.7. The average molecular weight is 339 g/mol. The van der Waals surface area contributed by atoms with Crippen molar-refractivity contribution in [1.82, 2.24) is 5.32 Å². The fourth-order valence-corrected chi connectivity index (χ4v) is 2.95. The molecule has 4 heteroatoms. The molecule has 0 bridgehead atoms. The molecule has 3 rings (SSSR count). The van der Waals surface area contributed by atoms with Gasteiger partial charge in [-0.3, -0.25) is 4.79 Å². The smallest absolute Gasteiger partial charge is 0.265 e. The number of carbonyl (C=O) groups is 1. The highest BCUT2D eigenvalue weighted by atomic mass is 16.6. The second-order valence-electron chi connectivity index (χ2n) is 6.93. The van der Waals surface area contributed by atoms with Gasteiger partial charge in [0, 0.05) is 0 Å². The summed E-state index contributed by atoms with van der Waals surface area (Å²) >= 11 is 0. The summed E-state index contributed by atoms with van der Waals surface area (Å²) < 4.78 is 11.4. The minimum absolute atomic E-state index is 0.0821. The van der Waals surface area contributed by atoms with Crippen LogP contribution in [-0.2, 0) is 11.2 Å². The lowest BCUT2D eigenvalue weighted by Crippen LogP contribution is -2.44. The minimum atomic E-state index is -0.627. The van der Waals surface area contributed by atoms with Gasteiger partial charge in [-0.1, -0.05) is 50.2 Å². The zero-order valence-electron chi connectivity index (χ0n) is 15.0. The highest BCUT2D eigenvalue weighted by molar-refractivity contribution is 5.82. The number of benzene rings is 2. The number of para-hydroxylation sites is 2. The number of rotatable bonds is 5. The van der Waals surface area contributed by atoms with Crippen molar-refractivity contribution < 1.29 is 14.3 Å². The molecule has 0 spiro atoms. The van der Waals surface area contributed by atoms with E-state index in [1.165, 1.54) is 5.56 Å². The van der Waals surface area contributed by atoms with Crippen LogP contribution in [0.3, 0.4) is 0 Å². The van der Waals surface area contributed by atoms with E-state index in [1.54, 1.807) is 0 Å². The second-order valence-corrected chi connectivity index (χ2v) is 6.93. The first-order chi connectivity index (χ1) is 12.0. The SMILES string of the molecule is CC(C)Cc1ccc([C@@H](C)NC(=O)[C@@H]2COc3ccccc3O2)cc1. The van der Waals surface area contributed by atoms with Crippen molar-refractivity contribution in [1.29, 1.82) is 0 Å². The number of ether oxygens (including phenoxy) is 2. The Hall–Kier alpha value is -2.49. The molecule has 1 aliphatic rings. The first-order valence-corrected chi connectivity index (χ1v) is 8.80. The highest BCUT2D eigenvalue weighted by Gasteiger charge is 2.28. The molecule has 1 N–H and O–H groups in total. The van der Waals surface area contributed by atoms with Crippen LogP contribution in [0.5, 0.6) is 11.5 Å². The molecule has 2 aromatic carbocycles. The van der Waals surface area contributed by atoms with Gasteiger partial charge in [0.1, 0.15) is 6.61 Å². The first-order valence-electron chi connectivity index (χ1n) is 8.80. The number of carbonyl (C=O) groups excluding carboxylic acids is 1. The van der Waals surface area contributed by atoms with Gasteiger partial charge in [0.25, 0.3) is 5.91 Å². The third kappa shape index (κ3) is 4.32. The van der Waals surface area contributed by atoms with Gasteiger partial charge in [0.05, 0.1) is 6.04 Å². The van der Waals surface area contributed by atoms with E-state index in [1.807, 2.05) is 31.2 Å². The maximum atomic E-state index is 12.5. The molecule has 1 amide bonds. The lowest BCUT2D eigenvalue weighted by atomic mass is 10.00. The molecule has 0 fully saturated rings. The molecule has 2 atom stereocenters. The van der Waals surface area contributed by atoms with E-state index in [0.29, 0.717) is 17.4 Å². The molecule has 2 aromatic rings. The third-order valence-electron chi connectivity index (χ3n) is 4.28. The van der Waals surface area contributed by atoms with Gasteiger partial charge in [-0.2, -0.15) is 0 Å². The second kappa shape index (κ2) is 7.60. The van der Waals surface area contributed by atoms with E-state index in [9.17, 15) is 4.79 Å². The summed E-state index contributed by atoms with van der Waals surface area (Å²) in [5, 5.41) is 3.01. The molecule has 25 heavy (non-hydrogen) atoms. The summed E-state index contributed by atoms with van der Waals surface area (Å²) in [6.45, 7) is 6.62. The lowest BCUT2D eigenvalue weighted by Gasteiger charge is -2.26. The predicted octanol–water partition coefficient (Wildman–Crippen LogP) is 3.90. The topological polar surface area (TPSA) is 47.6 Å². The quantitative estimate of drug-likeness (QED) is 0.899. The Morgan fingerprint density at radius 2 is 1.76 bits per heavy atom. The maximum absolute atomic E-state index is 12.5. The molecule has 0 radical (unpaired) electrons. The zero-order valence-corrected chi connectivity index (χ0v) is 15.0. The van der Waals surface area contributed by atoms with Crippen molar-refractivity contribution in [2.45, 2.75) is 39.3 Å². The molecule has 0 aliphatic carbocycles. The number of nitrogens with one attached hydrogen (secondary N) is 1. The molecule has 0 saturated carbocycles. The summed E-state index contributed by atoms with van der Waals surface area (Å²) in [4.78, 5) is 12.5. The van der Waals surface area contributed by atoms with Crippen molar-refractivity contribution in [3.63, 3.8) is 0 Å². The van der Waals surface area contributed by atoms with Crippen molar-refractivity contribution in [3.8, 4) is 11.5 Å². The maximum Gasteiger partial charge on any atom is 0.265 e.